The van der Waals surface area contributed by atoms with Gasteiger partial charge in [-0.1, -0.05) is 11.6 Å². The van der Waals surface area contributed by atoms with Gasteiger partial charge in [0, 0.05) is 19.1 Å². The molecule has 0 saturated carbocycles. The SMILES string of the molecule is O=c1c(Br)c(Cl)ncn1CC1CCOC1. The van der Waals surface area contributed by atoms with Crippen LogP contribution in [0.15, 0.2) is 15.6 Å². The highest BCUT2D eigenvalue weighted by Gasteiger charge is 2.17. The van der Waals surface area contributed by atoms with Gasteiger partial charge in [0.05, 0.1) is 12.9 Å². The Morgan fingerprint density at radius 3 is 3.20 bits per heavy atom. The smallest absolute Gasteiger partial charge is 0.269 e. The lowest BCUT2D eigenvalue weighted by atomic mass is 10.1. The van der Waals surface area contributed by atoms with E-state index < -0.39 is 0 Å². The van der Waals surface area contributed by atoms with Crippen LogP contribution in [-0.4, -0.2) is 22.8 Å². The van der Waals surface area contributed by atoms with E-state index in [0.29, 0.717) is 23.5 Å². The molecule has 1 unspecified atom stereocenters. The van der Waals surface area contributed by atoms with Crippen LogP contribution in [0.2, 0.25) is 5.15 Å². The van der Waals surface area contributed by atoms with Gasteiger partial charge in [-0.3, -0.25) is 9.36 Å². The Hall–Kier alpha value is -0.390. The average Bonchev–Trinajstić information content (AvgIpc) is 2.72. The zero-order valence-corrected chi connectivity index (χ0v) is 10.3. The first-order valence-electron chi connectivity index (χ1n) is 4.66. The molecule has 1 saturated heterocycles. The second kappa shape index (κ2) is 4.63. The summed E-state index contributed by atoms with van der Waals surface area (Å²) in [6.07, 6.45) is 2.47. The second-order valence-electron chi connectivity index (χ2n) is 3.54. The summed E-state index contributed by atoms with van der Waals surface area (Å²) in [6, 6.07) is 0. The molecule has 1 aromatic rings. The highest BCUT2D eigenvalue weighted by Crippen LogP contribution is 2.16. The standard InChI is InChI=1S/C9H10BrClN2O2/c10-7-8(11)12-5-13(9(7)14)3-6-1-2-15-4-6/h5-6H,1-4H2. The van der Waals surface area contributed by atoms with E-state index in [-0.39, 0.29) is 10.7 Å². The molecule has 82 valence electrons. The first-order valence-corrected chi connectivity index (χ1v) is 5.83. The molecule has 1 atom stereocenters. The molecule has 0 bridgehead atoms. The zero-order valence-electron chi connectivity index (χ0n) is 7.95. The van der Waals surface area contributed by atoms with Crippen molar-refractivity contribution in [2.45, 2.75) is 13.0 Å². The van der Waals surface area contributed by atoms with Gasteiger partial charge in [0.1, 0.15) is 4.47 Å². The topological polar surface area (TPSA) is 44.1 Å². The number of rotatable bonds is 2. The molecule has 0 aromatic carbocycles. The van der Waals surface area contributed by atoms with Crippen molar-refractivity contribution < 1.29 is 4.74 Å². The fourth-order valence-electron chi connectivity index (χ4n) is 1.58. The van der Waals surface area contributed by atoms with Crippen LogP contribution in [0.5, 0.6) is 0 Å². The summed E-state index contributed by atoms with van der Waals surface area (Å²) in [5.74, 6) is 0.401. The first kappa shape index (κ1) is 11.1. The van der Waals surface area contributed by atoms with Crippen molar-refractivity contribution in [2.75, 3.05) is 13.2 Å². The predicted octanol–water partition coefficient (Wildman–Crippen LogP) is 1.70. The number of ether oxygens (including phenoxy) is 1. The summed E-state index contributed by atoms with van der Waals surface area (Å²) in [6.45, 7) is 2.13. The van der Waals surface area contributed by atoms with Crippen LogP contribution >= 0.6 is 27.5 Å². The van der Waals surface area contributed by atoms with Gasteiger partial charge in [-0.25, -0.2) is 4.98 Å². The number of aromatic nitrogens is 2. The molecule has 1 aromatic heterocycles. The van der Waals surface area contributed by atoms with E-state index in [9.17, 15) is 4.79 Å². The van der Waals surface area contributed by atoms with Crippen LogP contribution in [0, 0.1) is 5.92 Å². The van der Waals surface area contributed by atoms with Gasteiger partial charge < -0.3 is 4.74 Å². The molecule has 0 radical (unpaired) electrons. The monoisotopic (exact) mass is 292 g/mol. The van der Waals surface area contributed by atoms with Gasteiger partial charge in [-0.15, -0.1) is 0 Å². The molecule has 2 rings (SSSR count). The predicted molar refractivity (Wildman–Crippen MR) is 60.1 cm³/mol. The maximum atomic E-state index is 11.7. The van der Waals surface area contributed by atoms with Gasteiger partial charge in [-0.05, 0) is 22.4 Å². The minimum Gasteiger partial charge on any atom is -0.381 e. The van der Waals surface area contributed by atoms with Crippen molar-refractivity contribution in [1.82, 2.24) is 9.55 Å². The van der Waals surface area contributed by atoms with E-state index in [1.54, 1.807) is 4.57 Å². The Kier molecular flexibility index (Phi) is 3.43. The Morgan fingerprint density at radius 1 is 1.73 bits per heavy atom. The molecule has 0 aliphatic carbocycles. The molecule has 0 spiro atoms. The summed E-state index contributed by atoms with van der Waals surface area (Å²) in [5.41, 5.74) is -0.137. The third-order valence-electron chi connectivity index (χ3n) is 2.42. The van der Waals surface area contributed by atoms with Gasteiger partial charge in [0.2, 0.25) is 0 Å². The van der Waals surface area contributed by atoms with Crippen LogP contribution < -0.4 is 5.56 Å². The highest BCUT2D eigenvalue weighted by atomic mass is 79.9. The number of halogens is 2. The maximum absolute atomic E-state index is 11.7. The van der Waals surface area contributed by atoms with E-state index in [2.05, 4.69) is 20.9 Å². The average molecular weight is 294 g/mol. The van der Waals surface area contributed by atoms with Crippen LogP contribution in [0.25, 0.3) is 0 Å². The van der Waals surface area contributed by atoms with Gasteiger partial charge in [-0.2, -0.15) is 0 Å². The van der Waals surface area contributed by atoms with E-state index in [1.807, 2.05) is 0 Å². The fraction of sp³-hybridized carbons (Fsp3) is 0.556. The quantitative estimate of drug-likeness (QED) is 0.780. The van der Waals surface area contributed by atoms with Crippen LogP contribution in [-0.2, 0) is 11.3 Å². The van der Waals surface area contributed by atoms with E-state index in [4.69, 9.17) is 16.3 Å². The molecular weight excluding hydrogens is 283 g/mol. The molecule has 0 amide bonds. The van der Waals surface area contributed by atoms with Crippen LogP contribution in [0.4, 0.5) is 0 Å². The van der Waals surface area contributed by atoms with Gasteiger partial charge in [0.15, 0.2) is 5.15 Å². The number of hydrogen-bond acceptors (Lipinski definition) is 3. The van der Waals surface area contributed by atoms with Gasteiger partial charge >= 0.3 is 0 Å². The Morgan fingerprint density at radius 2 is 2.53 bits per heavy atom. The third kappa shape index (κ3) is 2.41. The minimum atomic E-state index is -0.137. The second-order valence-corrected chi connectivity index (χ2v) is 4.69. The van der Waals surface area contributed by atoms with Crippen molar-refractivity contribution in [3.8, 4) is 0 Å². The van der Waals surface area contributed by atoms with Crippen LogP contribution in [0.1, 0.15) is 6.42 Å². The zero-order chi connectivity index (χ0) is 10.8. The first-order chi connectivity index (χ1) is 7.18. The molecule has 1 aliphatic rings. The summed E-state index contributed by atoms with van der Waals surface area (Å²) in [4.78, 5) is 15.7. The molecule has 6 heteroatoms. The normalized spacial score (nSPS) is 20.8. The molecule has 4 nitrogen and oxygen atoms in total. The Balaban J connectivity index is 2.21. The maximum Gasteiger partial charge on any atom is 0.269 e. The molecule has 0 N–H and O–H groups in total. The number of hydrogen-bond donors (Lipinski definition) is 0. The van der Waals surface area contributed by atoms with Crippen molar-refractivity contribution in [2.24, 2.45) is 5.92 Å². The highest BCUT2D eigenvalue weighted by molar-refractivity contribution is 9.10. The van der Waals surface area contributed by atoms with E-state index in [0.717, 1.165) is 13.0 Å². The lowest BCUT2D eigenvalue weighted by molar-refractivity contribution is 0.182. The van der Waals surface area contributed by atoms with E-state index >= 15 is 0 Å². The summed E-state index contributed by atoms with van der Waals surface area (Å²) >= 11 is 8.83. The largest absolute Gasteiger partial charge is 0.381 e. The lowest BCUT2D eigenvalue weighted by Gasteiger charge is -2.10. The summed E-state index contributed by atoms with van der Waals surface area (Å²) < 4.78 is 7.14. The third-order valence-corrected chi connectivity index (χ3v) is 3.65. The molecule has 15 heavy (non-hydrogen) atoms. The van der Waals surface area contributed by atoms with Crippen molar-refractivity contribution in [3.05, 3.63) is 26.3 Å². The summed E-state index contributed by atoms with van der Waals surface area (Å²) in [7, 11) is 0. The summed E-state index contributed by atoms with van der Waals surface area (Å²) in [5, 5.41) is 0.207. The fourth-order valence-corrected chi connectivity index (χ4v) is 2.03. The molecule has 1 aliphatic heterocycles. The molecule has 1 fully saturated rings. The Labute approximate surface area is 100 Å². The van der Waals surface area contributed by atoms with Crippen molar-refractivity contribution >= 4 is 27.5 Å². The minimum absolute atomic E-state index is 0.137. The van der Waals surface area contributed by atoms with E-state index in [1.165, 1.54) is 6.33 Å². The molecule has 2 heterocycles. The Bertz CT molecular complexity index is 415. The van der Waals surface area contributed by atoms with Crippen molar-refractivity contribution in [3.63, 3.8) is 0 Å². The number of nitrogens with zero attached hydrogens (tertiary/aromatic N) is 2. The van der Waals surface area contributed by atoms with Crippen molar-refractivity contribution in [1.29, 1.82) is 0 Å². The molecular formula is C9H10BrClN2O2. The van der Waals surface area contributed by atoms with Crippen LogP contribution in [0.3, 0.4) is 0 Å². The lowest BCUT2D eigenvalue weighted by Crippen LogP contribution is -2.25. The van der Waals surface area contributed by atoms with Gasteiger partial charge in [0.25, 0.3) is 5.56 Å².